The molecule has 108 valence electrons. The first-order valence-corrected chi connectivity index (χ1v) is 6.85. The molecule has 0 unspecified atom stereocenters. The summed E-state index contributed by atoms with van der Waals surface area (Å²) < 4.78 is 7.64. The maximum atomic E-state index is 5.87. The van der Waals surface area contributed by atoms with E-state index < -0.39 is 0 Å². The zero-order valence-corrected chi connectivity index (χ0v) is 12.6. The molecule has 0 bridgehead atoms. The third-order valence-electron chi connectivity index (χ3n) is 2.90. The molecule has 2 heterocycles. The lowest BCUT2D eigenvalue weighted by Crippen LogP contribution is -2.23. The number of rotatable bonds is 6. The van der Waals surface area contributed by atoms with E-state index in [-0.39, 0.29) is 0 Å². The van der Waals surface area contributed by atoms with Crippen molar-refractivity contribution in [1.82, 2.24) is 20.1 Å². The van der Waals surface area contributed by atoms with Crippen molar-refractivity contribution in [2.24, 2.45) is 7.05 Å². The van der Waals surface area contributed by atoms with Gasteiger partial charge in [0, 0.05) is 37.1 Å². The number of nitrogens with zero attached hydrogens (tertiary/aromatic N) is 3. The van der Waals surface area contributed by atoms with Crippen LogP contribution in [0.2, 0.25) is 0 Å². The van der Waals surface area contributed by atoms with Crippen LogP contribution in [0.25, 0.3) is 0 Å². The average Bonchev–Trinajstić information content (AvgIpc) is 2.81. The van der Waals surface area contributed by atoms with Crippen LogP contribution in [0.15, 0.2) is 24.5 Å². The van der Waals surface area contributed by atoms with Gasteiger partial charge in [0.2, 0.25) is 0 Å². The van der Waals surface area contributed by atoms with Crippen molar-refractivity contribution >= 4 is 0 Å². The SMILES string of the molecule is Cc1ccc(OCc2cnn(C)c2)c(CNC(C)C)n1. The van der Waals surface area contributed by atoms with E-state index in [9.17, 15) is 0 Å². The van der Waals surface area contributed by atoms with Crippen LogP contribution < -0.4 is 10.1 Å². The number of aromatic nitrogens is 3. The molecule has 0 spiro atoms. The molecule has 0 radical (unpaired) electrons. The Balaban J connectivity index is 2.05. The van der Waals surface area contributed by atoms with Crippen LogP contribution in [0, 0.1) is 6.92 Å². The predicted molar refractivity (Wildman–Crippen MR) is 78.5 cm³/mol. The summed E-state index contributed by atoms with van der Waals surface area (Å²) in [4.78, 5) is 4.55. The Morgan fingerprint density at radius 3 is 2.80 bits per heavy atom. The molecule has 0 aliphatic carbocycles. The lowest BCUT2D eigenvalue weighted by atomic mass is 10.2. The Hall–Kier alpha value is -1.88. The van der Waals surface area contributed by atoms with Crippen LogP contribution in [-0.4, -0.2) is 20.8 Å². The molecular formula is C15H22N4O. The van der Waals surface area contributed by atoms with Gasteiger partial charge in [0.15, 0.2) is 0 Å². The number of aryl methyl sites for hydroxylation is 2. The molecule has 2 aromatic rings. The van der Waals surface area contributed by atoms with E-state index in [1.165, 1.54) is 0 Å². The minimum absolute atomic E-state index is 0.420. The van der Waals surface area contributed by atoms with Crippen LogP contribution in [0.1, 0.15) is 30.8 Å². The molecule has 0 saturated heterocycles. The van der Waals surface area contributed by atoms with Crippen molar-refractivity contribution in [3.05, 3.63) is 41.5 Å². The van der Waals surface area contributed by atoms with Crippen LogP contribution in [0.5, 0.6) is 5.75 Å². The van der Waals surface area contributed by atoms with Gasteiger partial charge in [0.05, 0.1) is 11.9 Å². The first-order chi connectivity index (χ1) is 9.54. The fraction of sp³-hybridized carbons (Fsp3) is 0.467. The second-order valence-electron chi connectivity index (χ2n) is 5.24. The molecule has 5 heteroatoms. The summed E-state index contributed by atoms with van der Waals surface area (Å²) in [6, 6.07) is 4.37. The van der Waals surface area contributed by atoms with Gasteiger partial charge in [-0.25, -0.2) is 0 Å². The predicted octanol–water partition coefficient (Wildman–Crippen LogP) is 2.20. The maximum Gasteiger partial charge on any atom is 0.142 e. The highest BCUT2D eigenvalue weighted by atomic mass is 16.5. The van der Waals surface area contributed by atoms with Gasteiger partial charge < -0.3 is 10.1 Å². The molecule has 0 aliphatic rings. The highest BCUT2D eigenvalue weighted by Gasteiger charge is 2.07. The van der Waals surface area contributed by atoms with Crippen LogP contribution in [0.3, 0.4) is 0 Å². The van der Waals surface area contributed by atoms with E-state index in [1.54, 1.807) is 4.68 Å². The topological polar surface area (TPSA) is 52.0 Å². The first kappa shape index (κ1) is 14.5. The maximum absolute atomic E-state index is 5.87. The summed E-state index contributed by atoms with van der Waals surface area (Å²) in [6.45, 7) is 7.44. The summed E-state index contributed by atoms with van der Waals surface area (Å²) in [5.41, 5.74) is 3.00. The van der Waals surface area contributed by atoms with Crippen molar-refractivity contribution < 1.29 is 4.74 Å². The molecule has 2 aromatic heterocycles. The van der Waals surface area contributed by atoms with Crippen molar-refractivity contribution in [3.8, 4) is 5.75 Å². The largest absolute Gasteiger partial charge is 0.487 e. The number of nitrogens with one attached hydrogen (secondary N) is 1. The Kier molecular flexibility index (Phi) is 4.74. The molecule has 0 aromatic carbocycles. The van der Waals surface area contributed by atoms with Crippen LogP contribution in [0.4, 0.5) is 0 Å². The number of ether oxygens (including phenoxy) is 1. The fourth-order valence-electron chi connectivity index (χ4n) is 1.86. The molecule has 0 atom stereocenters. The van der Waals surface area contributed by atoms with E-state index in [0.29, 0.717) is 19.2 Å². The lowest BCUT2D eigenvalue weighted by molar-refractivity contribution is 0.299. The lowest BCUT2D eigenvalue weighted by Gasteiger charge is -2.13. The van der Waals surface area contributed by atoms with Gasteiger partial charge in [-0.2, -0.15) is 5.10 Å². The van der Waals surface area contributed by atoms with Gasteiger partial charge in [-0.3, -0.25) is 9.67 Å². The van der Waals surface area contributed by atoms with E-state index in [0.717, 1.165) is 22.7 Å². The Bertz CT molecular complexity index is 563. The molecule has 20 heavy (non-hydrogen) atoms. The smallest absolute Gasteiger partial charge is 0.142 e. The van der Waals surface area contributed by atoms with E-state index in [1.807, 2.05) is 38.5 Å². The Morgan fingerprint density at radius 1 is 1.35 bits per heavy atom. The van der Waals surface area contributed by atoms with E-state index in [2.05, 4.69) is 29.2 Å². The normalized spacial score (nSPS) is 11.1. The fourth-order valence-corrected chi connectivity index (χ4v) is 1.86. The summed E-state index contributed by atoms with van der Waals surface area (Å²) in [6.07, 6.45) is 3.77. The van der Waals surface area contributed by atoms with Crippen molar-refractivity contribution in [2.75, 3.05) is 0 Å². The summed E-state index contributed by atoms with van der Waals surface area (Å²) in [5, 5.41) is 7.51. The van der Waals surface area contributed by atoms with Gasteiger partial charge in [0.25, 0.3) is 0 Å². The Labute approximate surface area is 120 Å². The number of hydrogen-bond acceptors (Lipinski definition) is 4. The quantitative estimate of drug-likeness (QED) is 0.877. The summed E-state index contributed by atoms with van der Waals surface area (Å²) in [5.74, 6) is 0.826. The van der Waals surface area contributed by atoms with Gasteiger partial charge in [-0.05, 0) is 19.1 Å². The standard InChI is InChI=1S/C15H22N4O/c1-11(2)16-8-14-15(6-5-12(3)18-14)20-10-13-7-17-19(4)9-13/h5-7,9,11,16H,8,10H2,1-4H3. The van der Waals surface area contributed by atoms with Gasteiger partial charge >= 0.3 is 0 Å². The number of hydrogen-bond donors (Lipinski definition) is 1. The highest BCUT2D eigenvalue weighted by Crippen LogP contribution is 2.18. The average molecular weight is 274 g/mol. The van der Waals surface area contributed by atoms with Crippen molar-refractivity contribution in [1.29, 1.82) is 0 Å². The molecule has 0 aliphatic heterocycles. The first-order valence-electron chi connectivity index (χ1n) is 6.85. The molecular weight excluding hydrogens is 252 g/mol. The summed E-state index contributed by atoms with van der Waals surface area (Å²) in [7, 11) is 1.90. The third-order valence-corrected chi connectivity index (χ3v) is 2.90. The second kappa shape index (κ2) is 6.52. The van der Waals surface area contributed by atoms with Crippen LogP contribution in [-0.2, 0) is 20.2 Å². The summed E-state index contributed by atoms with van der Waals surface area (Å²) >= 11 is 0. The molecule has 1 N–H and O–H groups in total. The third kappa shape index (κ3) is 4.06. The van der Waals surface area contributed by atoms with Gasteiger partial charge in [-0.1, -0.05) is 13.8 Å². The zero-order chi connectivity index (χ0) is 14.5. The number of pyridine rings is 1. The van der Waals surface area contributed by atoms with Crippen LogP contribution >= 0.6 is 0 Å². The molecule has 0 fully saturated rings. The van der Waals surface area contributed by atoms with Crippen molar-refractivity contribution in [2.45, 2.75) is 40.0 Å². The highest BCUT2D eigenvalue weighted by molar-refractivity contribution is 5.29. The molecule has 0 saturated carbocycles. The monoisotopic (exact) mass is 274 g/mol. The van der Waals surface area contributed by atoms with Gasteiger partial charge in [0.1, 0.15) is 12.4 Å². The molecule has 5 nitrogen and oxygen atoms in total. The second-order valence-corrected chi connectivity index (χ2v) is 5.24. The minimum Gasteiger partial charge on any atom is -0.487 e. The molecule has 2 rings (SSSR count). The zero-order valence-electron chi connectivity index (χ0n) is 12.6. The molecule has 0 amide bonds. The van der Waals surface area contributed by atoms with Crippen molar-refractivity contribution in [3.63, 3.8) is 0 Å². The van der Waals surface area contributed by atoms with Gasteiger partial charge in [-0.15, -0.1) is 0 Å². The Morgan fingerprint density at radius 2 is 2.15 bits per heavy atom. The minimum atomic E-state index is 0.420. The van der Waals surface area contributed by atoms with E-state index >= 15 is 0 Å². The van der Waals surface area contributed by atoms with E-state index in [4.69, 9.17) is 4.74 Å².